The molecule has 27 heavy (non-hydrogen) atoms. The van der Waals surface area contributed by atoms with Gasteiger partial charge in [0.05, 0.1) is 6.04 Å². The molecule has 6 heteroatoms. The van der Waals surface area contributed by atoms with Crippen LogP contribution in [-0.4, -0.2) is 47.4 Å². The third kappa shape index (κ3) is 4.49. The van der Waals surface area contributed by atoms with Crippen molar-refractivity contribution in [3.63, 3.8) is 0 Å². The van der Waals surface area contributed by atoms with Gasteiger partial charge in [-0.15, -0.1) is 0 Å². The maximum absolute atomic E-state index is 13.1. The normalized spacial score (nSPS) is 19.1. The zero-order valence-corrected chi connectivity index (χ0v) is 16.3. The van der Waals surface area contributed by atoms with Crippen LogP contribution in [-0.2, 0) is 22.4 Å². The summed E-state index contributed by atoms with van der Waals surface area (Å²) in [6, 6.07) is 5.46. The van der Waals surface area contributed by atoms with E-state index in [1.54, 1.807) is 25.7 Å². The molecule has 0 radical (unpaired) electrons. The van der Waals surface area contributed by atoms with Crippen molar-refractivity contribution >= 4 is 17.8 Å². The second kappa shape index (κ2) is 7.71. The number of ketones is 1. The number of rotatable bonds is 5. The molecule has 1 aliphatic carbocycles. The van der Waals surface area contributed by atoms with Crippen molar-refractivity contribution in [2.24, 2.45) is 0 Å². The van der Waals surface area contributed by atoms with Gasteiger partial charge in [0, 0.05) is 25.1 Å². The van der Waals surface area contributed by atoms with Crippen LogP contribution in [0.4, 0.5) is 4.79 Å². The standard InChI is InChI=1S/C21H28N2O4/c1-21(2,3)27-20(26)22-12-13-23-17(10-11-18(23)24)19(25)16-9-5-7-14-6-4-8-15(14)16/h5,7,9,17H,4,6,8,10-13H2,1-3H3,(H,22,26). The fourth-order valence-corrected chi connectivity index (χ4v) is 3.91. The van der Waals surface area contributed by atoms with Gasteiger partial charge in [0.25, 0.3) is 0 Å². The summed E-state index contributed by atoms with van der Waals surface area (Å²) >= 11 is 0. The van der Waals surface area contributed by atoms with E-state index < -0.39 is 17.7 Å². The molecule has 0 spiro atoms. The fraction of sp³-hybridized carbons (Fsp3) is 0.571. The number of nitrogens with zero attached hydrogens (tertiary/aromatic N) is 1. The van der Waals surface area contributed by atoms with Crippen LogP contribution < -0.4 is 5.32 Å². The number of likely N-dealkylation sites (tertiary alicyclic amines) is 1. The van der Waals surface area contributed by atoms with Crippen molar-refractivity contribution in [2.75, 3.05) is 13.1 Å². The molecule has 1 fully saturated rings. The van der Waals surface area contributed by atoms with Crippen LogP contribution in [0.5, 0.6) is 0 Å². The van der Waals surface area contributed by atoms with Gasteiger partial charge in [-0.2, -0.15) is 0 Å². The molecule has 1 unspecified atom stereocenters. The Balaban J connectivity index is 1.64. The summed E-state index contributed by atoms with van der Waals surface area (Å²) in [5, 5.41) is 2.66. The lowest BCUT2D eigenvalue weighted by molar-refractivity contribution is -0.128. The van der Waals surface area contributed by atoms with Crippen LogP contribution in [0.2, 0.25) is 0 Å². The minimum Gasteiger partial charge on any atom is -0.444 e. The summed E-state index contributed by atoms with van der Waals surface area (Å²) in [7, 11) is 0. The minimum atomic E-state index is -0.570. The summed E-state index contributed by atoms with van der Waals surface area (Å²) in [4.78, 5) is 38.8. The average molecular weight is 372 g/mol. The van der Waals surface area contributed by atoms with E-state index in [-0.39, 0.29) is 18.2 Å². The number of ether oxygens (including phenoxy) is 1. The number of hydrogen-bond donors (Lipinski definition) is 1. The van der Waals surface area contributed by atoms with Gasteiger partial charge in [-0.05, 0) is 57.6 Å². The molecule has 0 bridgehead atoms. The van der Waals surface area contributed by atoms with Crippen molar-refractivity contribution in [1.82, 2.24) is 10.2 Å². The lowest BCUT2D eigenvalue weighted by atomic mass is 9.95. The number of nitrogens with one attached hydrogen (secondary N) is 1. The monoisotopic (exact) mass is 372 g/mol. The molecule has 6 nitrogen and oxygen atoms in total. The minimum absolute atomic E-state index is 0.0249. The zero-order chi connectivity index (χ0) is 19.6. The average Bonchev–Trinajstić information content (AvgIpc) is 3.19. The Morgan fingerprint density at radius 2 is 2.00 bits per heavy atom. The van der Waals surface area contributed by atoms with E-state index in [9.17, 15) is 14.4 Å². The van der Waals surface area contributed by atoms with Crippen LogP contribution in [0.15, 0.2) is 18.2 Å². The smallest absolute Gasteiger partial charge is 0.407 e. The summed E-state index contributed by atoms with van der Waals surface area (Å²) in [5.41, 5.74) is 2.59. The summed E-state index contributed by atoms with van der Waals surface area (Å²) in [5.74, 6) is -0.0104. The van der Waals surface area contributed by atoms with E-state index >= 15 is 0 Å². The first-order chi connectivity index (χ1) is 12.8. The van der Waals surface area contributed by atoms with Gasteiger partial charge in [-0.3, -0.25) is 9.59 Å². The molecule has 1 aromatic carbocycles. The number of aryl methyl sites for hydroxylation is 1. The number of hydrogen-bond acceptors (Lipinski definition) is 4. The van der Waals surface area contributed by atoms with Gasteiger partial charge in [0.1, 0.15) is 5.60 Å². The SMILES string of the molecule is CC(C)(C)OC(=O)NCCN1C(=O)CCC1C(=O)c1cccc2c1CCC2. The van der Waals surface area contributed by atoms with E-state index in [1.807, 2.05) is 12.1 Å². The largest absolute Gasteiger partial charge is 0.444 e. The van der Waals surface area contributed by atoms with Gasteiger partial charge in [0.15, 0.2) is 5.78 Å². The van der Waals surface area contributed by atoms with E-state index in [4.69, 9.17) is 4.74 Å². The molecule has 0 saturated carbocycles. The molecule has 1 N–H and O–H groups in total. The lowest BCUT2D eigenvalue weighted by Gasteiger charge is -2.25. The third-order valence-electron chi connectivity index (χ3n) is 5.06. The van der Waals surface area contributed by atoms with Gasteiger partial charge < -0.3 is 15.0 Å². The van der Waals surface area contributed by atoms with Crippen LogP contribution >= 0.6 is 0 Å². The predicted octanol–water partition coefficient (Wildman–Crippen LogP) is 2.87. The maximum Gasteiger partial charge on any atom is 0.407 e. The molecular formula is C21H28N2O4. The molecule has 1 aromatic rings. The number of Topliss-reactive ketones (excluding diaryl/α,β-unsaturated/α-hetero) is 1. The van der Waals surface area contributed by atoms with Crippen molar-refractivity contribution in [1.29, 1.82) is 0 Å². The molecular weight excluding hydrogens is 344 g/mol. The van der Waals surface area contributed by atoms with Gasteiger partial charge in [-0.1, -0.05) is 18.2 Å². The van der Waals surface area contributed by atoms with Crippen molar-refractivity contribution < 1.29 is 19.1 Å². The fourth-order valence-electron chi connectivity index (χ4n) is 3.91. The molecule has 2 aliphatic rings. The van der Waals surface area contributed by atoms with Crippen molar-refractivity contribution in [2.45, 2.75) is 64.5 Å². The van der Waals surface area contributed by atoms with Gasteiger partial charge in [-0.25, -0.2) is 4.79 Å². The van der Waals surface area contributed by atoms with E-state index in [0.29, 0.717) is 19.4 Å². The van der Waals surface area contributed by atoms with Gasteiger partial charge >= 0.3 is 6.09 Å². The first kappa shape index (κ1) is 19.4. The highest BCUT2D eigenvalue weighted by molar-refractivity contribution is 6.04. The van der Waals surface area contributed by atoms with Crippen LogP contribution in [0.3, 0.4) is 0 Å². The number of benzene rings is 1. The van der Waals surface area contributed by atoms with E-state index in [2.05, 4.69) is 11.4 Å². The predicted molar refractivity (Wildman–Crippen MR) is 102 cm³/mol. The van der Waals surface area contributed by atoms with E-state index in [1.165, 1.54) is 5.56 Å². The Morgan fingerprint density at radius 3 is 2.74 bits per heavy atom. The highest BCUT2D eigenvalue weighted by Gasteiger charge is 2.37. The van der Waals surface area contributed by atoms with Crippen LogP contribution in [0, 0.1) is 0 Å². The van der Waals surface area contributed by atoms with Crippen molar-refractivity contribution in [3.8, 4) is 0 Å². The molecule has 2 amide bonds. The Morgan fingerprint density at radius 1 is 1.22 bits per heavy atom. The molecule has 1 saturated heterocycles. The second-order valence-electron chi connectivity index (χ2n) is 8.23. The summed E-state index contributed by atoms with van der Waals surface area (Å²) in [6.07, 6.45) is 3.41. The number of carbonyl (C=O) groups is 3. The Kier molecular flexibility index (Phi) is 5.53. The first-order valence-corrected chi connectivity index (χ1v) is 9.67. The Hall–Kier alpha value is -2.37. The Labute approximate surface area is 160 Å². The number of carbonyl (C=O) groups excluding carboxylic acids is 3. The zero-order valence-electron chi connectivity index (χ0n) is 16.3. The quantitative estimate of drug-likeness (QED) is 0.807. The molecule has 146 valence electrons. The molecule has 1 atom stereocenters. The third-order valence-corrected chi connectivity index (χ3v) is 5.06. The lowest BCUT2D eigenvalue weighted by Crippen LogP contribution is -2.44. The summed E-state index contributed by atoms with van der Waals surface area (Å²) < 4.78 is 5.20. The van der Waals surface area contributed by atoms with E-state index in [0.717, 1.165) is 30.4 Å². The Bertz CT molecular complexity index is 751. The number of fused-ring (bicyclic) bond motifs is 1. The summed E-state index contributed by atoms with van der Waals surface area (Å²) in [6.45, 7) is 5.96. The highest BCUT2D eigenvalue weighted by atomic mass is 16.6. The van der Waals surface area contributed by atoms with Crippen LogP contribution in [0.25, 0.3) is 0 Å². The van der Waals surface area contributed by atoms with Crippen molar-refractivity contribution in [3.05, 3.63) is 34.9 Å². The first-order valence-electron chi connectivity index (χ1n) is 9.67. The molecule has 0 aromatic heterocycles. The van der Waals surface area contributed by atoms with Gasteiger partial charge in [0.2, 0.25) is 5.91 Å². The number of amides is 2. The topological polar surface area (TPSA) is 75.7 Å². The highest BCUT2D eigenvalue weighted by Crippen LogP contribution is 2.29. The second-order valence-corrected chi connectivity index (χ2v) is 8.23. The van der Waals surface area contributed by atoms with Crippen LogP contribution in [0.1, 0.15) is 61.5 Å². The number of alkyl carbamates (subject to hydrolysis) is 1. The maximum atomic E-state index is 13.1. The molecule has 1 heterocycles. The molecule has 3 rings (SSSR count). The molecule has 1 aliphatic heterocycles.